The van der Waals surface area contributed by atoms with Crippen LogP contribution in [0.4, 0.5) is 5.69 Å². The van der Waals surface area contributed by atoms with E-state index in [1.807, 2.05) is 13.0 Å². The summed E-state index contributed by atoms with van der Waals surface area (Å²) in [5, 5.41) is 11.6. The van der Waals surface area contributed by atoms with E-state index in [0.29, 0.717) is 11.3 Å². The van der Waals surface area contributed by atoms with Gasteiger partial charge in [0, 0.05) is 13.0 Å². The van der Waals surface area contributed by atoms with Crippen molar-refractivity contribution in [3.8, 4) is 6.07 Å². The lowest BCUT2D eigenvalue weighted by Crippen LogP contribution is -2.28. The lowest BCUT2D eigenvalue weighted by atomic mass is 10.2. The van der Waals surface area contributed by atoms with Crippen LogP contribution in [0.1, 0.15) is 17.5 Å². The molecule has 0 spiro atoms. The molecule has 124 valence electrons. The van der Waals surface area contributed by atoms with E-state index in [0.717, 1.165) is 5.56 Å². The minimum Gasteiger partial charge on any atom is -0.325 e. The van der Waals surface area contributed by atoms with Crippen LogP contribution in [-0.4, -0.2) is 20.9 Å². The van der Waals surface area contributed by atoms with Crippen LogP contribution in [0, 0.1) is 18.3 Å². The predicted octanol–water partition coefficient (Wildman–Crippen LogP) is 2.17. The number of benzene rings is 2. The van der Waals surface area contributed by atoms with Crippen LogP contribution in [0.25, 0.3) is 0 Å². The molecule has 2 rings (SSSR count). The van der Waals surface area contributed by atoms with E-state index in [1.54, 1.807) is 36.4 Å². The van der Waals surface area contributed by atoms with E-state index >= 15 is 0 Å². The molecule has 7 heteroatoms. The zero-order chi connectivity index (χ0) is 17.6. The summed E-state index contributed by atoms with van der Waals surface area (Å²) in [6, 6.07) is 15.0. The van der Waals surface area contributed by atoms with Crippen molar-refractivity contribution in [2.24, 2.45) is 0 Å². The van der Waals surface area contributed by atoms with Crippen molar-refractivity contribution >= 4 is 21.6 Å². The molecule has 0 bridgehead atoms. The second kappa shape index (κ2) is 7.73. The fourth-order valence-corrected chi connectivity index (χ4v) is 3.03. The van der Waals surface area contributed by atoms with E-state index in [-0.39, 0.29) is 23.8 Å². The van der Waals surface area contributed by atoms with Gasteiger partial charge in [-0.05, 0) is 31.2 Å². The van der Waals surface area contributed by atoms with Crippen LogP contribution < -0.4 is 10.0 Å². The molecule has 0 radical (unpaired) electrons. The Labute approximate surface area is 141 Å². The minimum atomic E-state index is -3.64. The highest BCUT2D eigenvalue weighted by Gasteiger charge is 2.14. The number of hydrogen-bond donors (Lipinski definition) is 2. The molecule has 2 aromatic rings. The normalized spacial score (nSPS) is 10.8. The third-order valence-corrected chi connectivity index (χ3v) is 4.77. The monoisotopic (exact) mass is 343 g/mol. The number of para-hydroxylation sites is 1. The number of carbonyl (C=O) groups excluding carboxylic acids is 1. The smallest absolute Gasteiger partial charge is 0.240 e. The minimum absolute atomic E-state index is 0.0310. The van der Waals surface area contributed by atoms with Gasteiger partial charge in [0.15, 0.2) is 0 Å². The third kappa shape index (κ3) is 4.65. The molecule has 0 aliphatic carbocycles. The summed E-state index contributed by atoms with van der Waals surface area (Å²) in [6.07, 6.45) is -0.0369. The number of amides is 1. The Morgan fingerprint density at radius 3 is 2.46 bits per heavy atom. The van der Waals surface area contributed by atoms with Gasteiger partial charge in [-0.3, -0.25) is 4.79 Å². The zero-order valence-electron chi connectivity index (χ0n) is 13.1. The maximum Gasteiger partial charge on any atom is 0.240 e. The molecule has 0 aliphatic heterocycles. The molecule has 0 atom stereocenters. The van der Waals surface area contributed by atoms with Crippen molar-refractivity contribution in [3.05, 3.63) is 59.7 Å². The van der Waals surface area contributed by atoms with Gasteiger partial charge in [0.2, 0.25) is 15.9 Å². The van der Waals surface area contributed by atoms with Crippen LogP contribution in [0.15, 0.2) is 53.4 Å². The van der Waals surface area contributed by atoms with Crippen molar-refractivity contribution < 1.29 is 13.2 Å². The first-order valence-electron chi connectivity index (χ1n) is 7.28. The number of carbonyl (C=O) groups is 1. The molecule has 24 heavy (non-hydrogen) atoms. The molecule has 2 aromatic carbocycles. The first-order chi connectivity index (χ1) is 11.4. The van der Waals surface area contributed by atoms with Crippen molar-refractivity contribution in [3.63, 3.8) is 0 Å². The number of hydrogen-bond acceptors (Lipinski definition) is 4. The topological polar surface area (TPSA) is 99.1 Å². The summed E-state index contributed by atoms with van der Waals surface area (Å²) in [7, 11) is -3.64. The fourth-order valence-electron chi connectivity index (χ4n) is 2.00. The molecule has 0 heterocycles. The van der Waals surface area contributed by atoms with Gasteiger partial charge in [-0.15, -0.1) is 0 Å². The summed E-state index contributed by atoms with van der Waals surface area (Å²) in [5.74, 6) is -0.371. The molecule has 6 nitrogen and oxygen atoms in total. The number of nitrogens with zero attached hydrogens (tertiary/aromatic N) is 1. The maximum atomic E-state index is 12.1. The summed E-state index contributed by atoms with van der Waals surface area (Å²) in [5.41, 5.74) is 1.72. The Hall–Kier alpha value is -2.69. The van der Waals surface area contributed by atoms with Gasteiger partial charge in [0.1, 0.15) is 6.07 Å². The Morgan fingerprint density at radius 1 is 1.12 bits per heavy atom. The first-order valence-corrected chi connectivity index (χ1v) is 8.76. The molecule has 0 unspecified atom stereocenters. The van der Waals surface area contributed by atoms with Gasteiger partial charge in [0.25, 0.3) is 0 Å². The molecule has 0 saturated heterocycles. The number of sulfonamides is 1. The number of nitriles is 1. The number of nitrogens with one attached hydrogen (secondary N) is 2. The lowest BCUT2D eigenvalue weighted by Gasteiger charge is -2.08. The lowest BCUT2D eigenvalue weighted by molar-refractivity contribution is -0.116. The van der Waals surface area contributed by atoms with Gasteiger partial charge in [-0.25, -0.2) is 13.1 Å². The van der Waals surface area contributed by atoms with E-state index in [9.17, 15) is 13.2 Å². The Morgan fingerprint density at radius 2 is 1.79 bits per heavy atom. The van der Waals surface area contributed by atoms with Crippen LogP contribution >= 0.6 is 0 Å². The second-order valence-corrected chi connectivity index (χ2v) is 6.93. The average Bonchev–Trinajstić information content (AvgIpc) is 2.55. The van der Waals surface area contributed by atoms with Crippen molar-refractivity contribution in [1.29, 1.82) is 5.26 Å². The maximum absolute atomic E-state index is 12.1. The van der Waals surface area contributed by atoms with Gasteiger partial charge in [-0.2, -0.15) is 5.26 Å². The summed E-state index contributed by atoms with van der Waals surface area (Å²) in [4.78, 5) is 12.0. The highest BCUT2D eigenvalue weighted by Crippen LogP contribution is 2.14. The summed E-state index contributed by atoms with van der Waals surface area (Å²) in [6.45, 7) is 1.84. The quantitative estimate of drug-likeness (QED) is 0.839. The van der Waals surface area contributed by atoms with Crippen molar-refractivity contribution in [2.75, 3.05) is 11.9 Å². The average molecular weight is 343 g/mol. The second-order valence-electron chi connectivity index (χ2n) is 5.17. The van der Waals surface area contributed by atoms with E-state index < -0.39 is 10.0 Å². The summed E-state index contributed by atoms with van der Waals surface area (Å²) >= 11 is 0. The number of anilines is 1. The van der Waals surface area contributed by atoms with Gasteiger partial charge in [-0.1, -0.05) is 29.8 Å². The van der Waals surface area contributed by atoms with E-state index in [1.165, 1.54) is 12.1 Å². The summed E-state index contributed by atoms with van der Waals surface area (Å²) < 4.78 is 26.6. The predicted molar refractivity (Wildman–Crippen MR) is 90.8 cm³/mol. The molecule has 0 aromatic heterocycles. The fraction of sp³-hybridized carbons (Fsp3) is 0.176. The van der Waals surface area contributed by atoms with Gasteiger partial charge in [0.05, 0.1) is 16.1 Å². The SMILES string of the molecule is Cc1ccc(S(=O)(=O)NCCC(=O)Nc2ccccc2C#N)cc1. The van der Waals surface area contributed by atoms with Gasteiger partial charge < -0.3 is 5.32 Å². The van der Waals surface area contributed by atoms with Gasteiger partial charge >= 0.3 is 0 Å². The Bertz CT molecular complexity index is 869. The van der Waals surface area contributed by atoms with Crippen molar-refractivity contribution in [2.45, 2.75) is 18.2 Å². The number of rotatable bonds is 6. The molecule has 2 N–H and O–H groups in total. The third-order valence-electron chi connectivity index (χ3n) is 3.30. The molecular weight excluding hydrogens is 326 g/mol. The molecule has 0 saturated carbocycles. The highest BCUT2D eigenvalue weighted by atomic mass is 32.2. The van der Waals surface area contributed by atoms with Crippen molar-refractivity contribution in [1.82, 2.24) is 4.72 Å². The number of aryl methyl sites for hydroxylation is 1. The molecule has 0 aliphatic rings. The van der Waals surface area contributed by atoms with E-state index in [4.69, 9.17) is 5.26 Å². The molecular formula is C17H17N3O3S. The molecule has 0 fully saturated rings. The standard InChI is InChI=1S/C17H17N3O3S/c1-13-6-8-15(9-7-13)24(22,23)19-11-10-17(21)20-16-5-3-2-4-14(16)12-18/h2-9,19H,10-11H2,1H3,(H,20,21). The molecule has 1 amide bonds. The Kier molecular flexibility index (Phi) is 5.68. The van der Waals surface area contributed by atoms with E-state index in [2.05, 4.69) is 10.0 Å². The highest BCUT2D eigenvalue weighted by molar-refractivity contribution is 7.89. The van der Waals surface area contributed by atoms with Crippen LogP contribution in [-0.2, 0) is 14.8 Å². The Balaban J connectivity index is 1.90. The largest absolute Gasteiger partial charge is 0.325 e. The van der Waals surface area contributed by atoms with Crippen LogP contribution in [0.3, 0.4) is 0 Å². The zero-order valence-corrected chi connectivity index (χ0v) is 13.9. The van der Waals surface area contributed by atoms with Crippen LogP contribution in [0.2, 0.25) is 0 Å². The first kappa shape index (κ1) is 17.7. The van der Waals surface area contributed by atoms with Crippen LogP contribution in [0.5, 0.6) is 0 Å².